The van der Waals surface area contributed by atoms with E-state index in [1.165, 1.54) is 0 Å². The normalized spacial score (nSPS) is 15.3. The van der Waals surface area contributed by atoms with E-state index < -0.39 is 12.1 Å². The standard InChI is InChI=1S/C20H21ClN2O4/c21-16-7-4-8-17(13-16)22-9-11-23(12-10-22)18(24)14-27-20(26)19(25)15-5-2-1-3-6-15/h1-8,13,19,25H,9-12,14H2/t19-/m0/s1. The van der Waals surface area contributed by atoms with E-state index in [2.05, 4.69) is 4.90 Å². The molecule has 1 aliphatic heterocycles. The SMILES string of the molecule is O=C(OCC(=O)N1CCN(c2cccc(Cl)c2)CC1)[C@@H](O)c1ccccc1. The number of benzene rings is 2. The monoisotopic (exact) mass is 388 g/mol. The number of halogens is 1. The van der Waals surface area contributed by atoms with Gasteiger partial charge in [0, 0.05) is 36.9 Å². The molecule has 1 N–H and O–H groups in total. The fourth-order valence-electron chi connectivity index (χ4n) is 2.96. The Morgan fingerprint density at radius 2 is 1.74 bits per heavy atom. The number of aliphatic hydroxyl groups is 1. The molecular formula is C20H21ClN2O4. The van der Waals surface area contributed by atoms with E-state index in [0.717, 1.165) is 5.69 Å². The van der Waals surface area contributed by atoms with Gasteiger partial charge in [0.2, 0.25) is 0 Å². The van der Waals surface area contributed by atoms with Crippen LogP contribution in [-0.2, 0) is 14.3 Å². The summed E-state index contributed by atoms with van der Waals surface area (Å²) in [7, 11) is 0. The Labute approximate surface area is 162 Å². The van der Waals surface area contributed by atoms with Gasteiger partial charge in [-0.25, -0.2) is 4.79 Å². The summed E-state index contributed by atoms with van der Waals surface area (Å²) in [5, 5.41) is 10.7. The zero-order valence-corrected chi connectivity index (χ0v) is 15.5. The quantitative estimate of drug-likeness (QED) is 0.796. The number of rotatable bonds is 5. The summed E-state index contributed by atoms with van der Waals surface area (Å²) >= 11 is 6.02. The van der Waals surface area contributed by atoms with Crippen molar-refractivity contribution >= 4 is 29.2 Å². The predicted octanol–water partition coefficient (Wildman–Crippen LogP) is 2.27. The molecule has 1 aliphatic rings. The van der Waals surface area contributed by atoms with E-state index >= 15 is 0 Å². The third kappa shape index (κ3) is 4.99. The molecule has 1 amide bonds. The topological polar surface area (TPSA) is 70.1 Å². The maximum atomic E-state index is 12.3. The van der Waals surface area contributed by atoms with Gasteiger partial charge in [0.05, 0.1) is 0 Å². The molecular weight excluding hydrogens is 368 g/mol. The molecule has 0 aliphatic carbocycles. The van der Waals surface area contributed by atoms with E-state index in [1.807, 2.05) is 24.3 Å². The zero-order valence-electron chi connectivity index (χ0n) is 14.8. The summed E-state index contributed by atoms with van der Waals surface area (Å²) in [6.45, 7) is 2.04. The van der Waals surface area contributed by atoms with Crippen LogP contribution < -0.4 is 4.90 Å². The highest BCUT2D eigenvalue weighted by Crippen LogP contribution is 2.21. The predicted molar refractivity (Wildman–Crippen MR) is 103 cm³/mol. The molecule has 7 heteroatoms. The molecule has 1 fully saturated rings. The van der Waals surface area contributed by atoms with Gasteiger partial charge in [-0.15, -0.1) is 0 Å². The van der Waals surface area contributed by atoms with Crippen molar-refractivity contribution in [2.45, 2.75) is 6.10 Å². The van der Waals surface area contributed by atoms with Crippen LogP contribution in [-0.4, -0.2) is 54.7 Å². The van der Waals surface area contributed by atoms with Crippen LogP contribution in [0.3, 0.4) is 0 Å². The van der Waals surface area contributed by atoms with Crippen molar-refractivity contribution in [3.63, 3.8) is 0 Å². The Morgan fingerprint density at radius 3 is 2.41 bits per heavy atom. The average molecular weight is 389 g/mol. The van der Waals surface area contributed by atoms with Gasteiger partial charge in [0.1, 0.15) is 0 Å². The Bertz CT molecular complexity index is 792. The van der Waals surface area contributed by atoms with Crippen molar-refractivity contribution in [2.24, 2.45) is 0 Å². The van der Waals surface area contributed by atoms with Crippen molar-refractivity contribution < 1.29 is 19.4 Å². The van der Waals surface area contributed by atoms with Crippen LogP contribution in [0.2, 0.25) is 5.02 Å². The van der Waals surface area contributed by atoms with Crippen LogP contribution in [0.25, 0.3) is 0 Å². The first-order chi connectivity index (χ1) is 13.0. The highest BCUT2D eigenvalue weighted by molar-refractivity contribution is 6.30. The smallest absolute Gasteiger partial charge is 0.340 e. The summed E-state index contributed by atoms with van der Waals surface area (Å²) in [5.74, 6) is -1.10. The molecule has 2 aromatic carbocycles. The second-order valence-electron chi connectivity index (χ2n) is 6.27. The number of nitrogens with zero attached hydrogens (tertiary/aromatic N) is 2. The molecule has 6 nitrogen and oxygen atoms in total. The maximum Gasteiger partial charge on any atom is 0.340 e. The highest BCUT2D eigenvalue weighted by atomic mass is 35.5. The molecule has 0 radical (unpaired) electrons. The Morgan fingerprint density at radius 1 is 1.04 bits per heavy atom. The van der Waals surface area contributed by atoms with E-state index in [9.17, 15) is 14.7 Å². The molecule has 1 heterocycles. The number of esters is 1. The van der Waals surface area contributed by atoms with Gasteiger partial charge in [-0.05, 0) is 23.8 Å². The third-order valence-corrected chi connectivity index (χ3v) is 4.72. The average Bonchev–Trinajstić information content (AvgIpc) is 2.72. The Kier molecular flexibility index (Phi) is 6.32. The summed E-state index contributed by atoms with van der Waals surface area (Å²) < 4.78 is 4.99. The number of carbonyl (C=O) groups excluding carboxylic acids is 2. The van der Waals surface area contributed by atoms with Crippen molar-refractivity contribution in [1.82, 2.24) is 4.90 Å². The van der Waals surface area contributed by atoms with Crippen molar-refractivity contribution in [1.29, 1.82) is 0 Å². The lowest BCUT2D eigenvalue weighted by atomic mass is 10.1. The number of carbonyl (C=O) groups is 2. The maximum absolute atomic E-state index is 12.3. The van der Waals surface area contributed by atoms with Gasteiger partial charge < -0.3 is 19.6 Å². The molecule has 0 saturated carbocycles. The molecule has 3 rings (SSSR count). The Hall–Kier alpha value is -2.57. The van der Waals surface area contributed by atoms with Crippen LogP contribution in [0.1, 0.15) is 11.7 Å². The van der Waals surface area contributed by atoms with Gasteiger partial charge in [-0.3, -0.25) is 4.79 Å². The van der Waals surface area contributed by atoms with E-state index in [4.69, 9.17) is 16.3 Å². The van der Waals surface area contributed by atoms with Gasteiger partial charge >= 0.3 is 5.97 Å². The first-order valence-corrected chi connectivity index (χ1v) is 9.10. The van der Waals surface area contributed by atoms with Crippen LogP contribution in [0, 0.1) is 0 Å². The third-order valence-electron chi connectivity index (χ3n) is 4.48. The number of amides is 1. The van der Waals surface area contributed by atoms with Crippen molar-refractivity contribution in [3.8, 4) is 0 Å². The van der Waals surface area contributed by atoms with Gasteiger partial charge in [-0.1, -0.05) is 48.0 Å². The van der Waals surface area contributed by atoms with Crippen LogP contribution in [0.4, 0.5) is 5.69 Å². The molecule has 0 unspecified atom stereocenters. The number of hydrogen-bond acceptors (Lipinski definition) is 5. The van der Waals surface area contributed by atoms with Crippen molar-refractivity contribution in [3.05, 3.63) is 65.2 Å². The Balaban J connectivity index is 1.46. The van der Waals surface area contributed by atoms with Crippen LogP contribution in [0.5, 0.6) is 0 Å². The van der Waals surface area contributed by atoms with E-state index in [1.54, 1.807) is 35.2 Å². The molecule has 27 heavy (non-hydrogen) atoms. The fourth-order valence-corrected chi connectivity index (χ4v) is 3.15. The molecule has 2 aromatic rings. The summed E-state index contributed by atoms with van der Waals surface area (Å²) in [6, 6.07) is 16.1. The van der Waals surface area contributed by atoms with E-state index in [0.29, 0.717) is 36.8 Å². The zero-order chi connectivity index (χ0) is 19.2. The number of piperazine rings is 1. The molecule has 142 valence electrons. The number of ether oxygens (including phenoxy) is 1. The highest BCUT2D eigenvalue weighted by Gasteiger charge is 2.24. The minimum atomic E-state index is -1.39. The van der Waals surface area contributed by atoms with Gasteiger partial charge in [0.15, 0.2) is 12.7 Å². The minimum absolute atomic E-state index is 0.269. The lowest BCUT2D eigenvalue weighted by Gasteiger charge is -2.36. The second-order valence-corrected chi connectivity index (χ2v) is 6.71. The first-order valence-electron chi connectivity index (χ1n) is 8.72. The van der Waals surface area contributed by atoms with Crippen LogP contribution in [0.15, 0.2) is 54.6 Å². The molecule has 0 spiro atoms. The fraction of sp³-hybridized carbons (Fsp3) is 0.300. The lowest BCUT2D eigenvalue weighted by molar-refractivity contribution is -0.159. The summed E-state index contributed by atoms with van der Waals surface area (Å²) in [6.07, 6.45) is -1.39. The first kappa shape index (κ1) is 19.2. The largest absolute Gasteiger partial charge is 0.453 e. The molecule has 0 bridgehead atoms. The number of anilines is 1. The number of aliphatic hydroxyl groups excluding tert-OH is 1. The van der Waals surface area contributed by atoms with Crippen molar-refractivity contribution in [2.75, 3.05) is 37.7 Å². The van der Waals surface area contributed by atoms with Gasteiger partial charge in [-0.2, -0.15) is 0 Å². The summed E-state index contributed by atoms with van der Waals surface area (Å²) in [4.78, 5) is 28.0. The van der Waals surface area contributed by atoms with E-state index in [-0.39, 0.29) is 12.5 Å². The molecule has 0 aromatic heterocycles. The minimum Gasteiger partial charge on any atom is -0.453 e. The second kappa shape index (κ2) is 8.88. The lowest BCUT2D eigenvalue weighted by Crippen LogP contribution is -2.50. The van der Waals surface area contributed by atoms with Gasteiger partial charge in [0.25, 0.3) is 5.91 Å². The summed E-state index contributed by atoms with van der Waals surface area (Å²) in [5.41, 5.74) is 1.46. The molecule has 1 atom stereocenters. The van der Waals surface area contributed by atoms with Crippen LogP contribution >= 0.6 is 11.6 Å². The molecule has 1 saturated heterocycles. The number of hydrogen-bond donors (Lipinski definition) is 1.